The van der Waals surface area contributed by atoms with E-state index in [1.165, 1.54) is 0 Å². The van der Waals surface area contributed by atoms with Gasteiger partial charge in [-0.15, -0.1) is 11.8 Å². The Morgan fingerprint density at radius 2 is 1.93 bits per heavy atom. The lowest BCUT2D eigenvalue weighted by Crippen LogP contribution is -2.63. The molecule has 1 fully saturated rings. The lowest BCUT2D eigenvalue weighted by Gasteiger charge is -2.40. The predicted molar refractivity (Wildman–Crippen MR) is 116 cm³/mol. The summed E-state index contributed by atoms with van der Waals surface area (Å²) in [4.78, 5) is 44.2. The van der Waals surface area contributed by atoms with Gasteiger partial charge in [0.05, 0.1) is 11.9 Å². The smallest absolute Gasteiger partial charge is 0.256 e. The summed E-state index contributed by atoms with van der Waals surface area (Å²) in [6.07, 6.45) is 3.32. The Labute approximate surface area is 179 Å². The van der Waals surface area contributed by atoms with E-state index in [1.54, 1.807) is 41.2 Å². The van der Waals surface area contributed by atoms with Crippen molar-refractivity contribution in [3.8, 4) is 0 Å². The van der Waals surface area contributed by atoms with Gasteiger partial charge in [-0.2, -0.15) is 0 Å². The summed E-state index contributed by atoms with van der Waals surface area (Å²) >= 11 is 1.62. The molecule has 2 atom stereocenters. The fourth-order valence-corrected chi connectivity index (χ4v) is 5.75. The van der Waals surface area contributed by atoms with Crippen LogP contribution in [0, 0.1) is 0 Å². The van der Waals surface area contributed by atoms with Crippen LogP contribution in [-0.4, -0.2) is 44.4 Å². The zero-order chi connectivity index (χ0) is 21.5. The zero-order valence-corrected chi connectivity index (χ0v) is 18.0. The maximum atomic E-state index is 13.3. The summed E-state index contributed by atoms with van der Waals surface area (Å²) in [5.74, 6) is -0.588. The van der Waals surface area contributed by atoms with Crippen LogP contribution in [0.25, 0.3) is 0 Å². The number of rotatable bonds is 5. The Morgan fingerprint density at radius 3 is 2.67 bits per heavy atom. The van der Waals surface area contributed by atoms with Crippen molar-refractivity contribution in [3.63, 3.8) is 0 Å². The van der Waals surface area contributed by atoms with Crippen molar-refractivity contribution in [2.24, 2.45) is 0 Å². The maximum absolute atomic E-state index is 13.3. The number of carbonyl (C=O) groups is 3. The van der Waals surface area contributed by atoms with Gasteiger partial charge in [0.15, 0.2) is 0 Å². The molecule has 3 amide bonds. The molecule has 2 aromatic rings. The van der Waals surface area contributed by atoms with Gasteiger partial charge in [-0.1, -0.05) is 18.2 Å². The molecule has 0 bridgehead atoms. The first-order valence-electron chi connectivity index (χ1n) is 9.84. The number of benzene rings is 1. The molecule has 30 heavy (non-hydrogen) atoms. The van der Waals surface area contributed by atoms with E-state index in [2.05, 4.69) is 15.6 Å². The van der Waals surface area contributed by atoms with E-state index in [9.17, 15) is 14.4 Å². The van der Waals surface area contributed by atoms with Crippen LogP contribution in [0.15, 0.2) is 48.8 Å². The quantitative estimate of drug-likeness (QED) is 0.770. The molecule has 0 radical (unpaired) electrons. The average molecular weight is 425 g/mol. The van der Waals surface area contributed by atoms with Crippen LogP contribution in [0.3, 0.4) is 0 Å². The van der Waals surface area contributed by atoms with E-state index in [0.717, 1.165) is 5.56 Å². The molecule has 1 unspecified atom stereocenters. The Balaban J connectivity index is 1.45. The number of pyridine rings is 1. The van der Waals surface area contributed by atoms with E-state index in [0.29, 0.717) is 11.3 Å². The standard InChI is InChI=1S/C22H24N4O3S/c1-21(2)22(3,26-18(28)15-8-4-5-9-16(15)19(26)30-21)20(29)24-12-10-17(27)25-14-7-6-11-23-13-14/h4-9,11,13,19H,10,12H2,1-3H3,(H,24,29)(H,25,27)/t19?,22-/m0/s1. The number of carbonyl (C=O) groups excluding carboxylic acids is 3. The Morgan fingerprint density at radius 1 is 1.17 bits per heavy atom. The van der Waals surface area contributed by atoms with Gasteiger partial charge >= 0.3 is 0 Å². The number of hydrogen-bond acceptors (Lipinski definition) is 5. The molecule has 1 saturated heterocycles. The summed E-state index contributed by atoms with van der Waals surface area (Å²) in [6, 6.07) is 11.0. The largest absolute Gasteiger partial charge is 0.354 e. The molecule has 0 aliphatic carbocycles. The number of thioether (sulfide) groups is 1. The van der Waals surface area contributed by atoms with Gasteiger partial charge < -0.3 is 15.5 Å². The average Bonchev–Trinajstić information content (AvgIpc) is 3.11. The highest BCUT2D eigenvalue weighted by Gasteiger charge is 2.65. The number of nitrogens with zero attached hydrogens (tertiary/aromatic N) is 2. The van der Waals surface area contributed by atoms with Gasteiger partial charge in [-0.05, 0) is 44.5 Å². The fourth-order valence-electron chi connectivity index (χ4n) is 4.02. The maximum Gasteiger partial charge on any atom is 0.256 e. The summed E-state index contributed by atoms with van der Waals surface area (Å²) in [7, 11) is 0. The highest BCUT2D eigenvalue weighted by atomic mass is 32.2. The molecule has 4 rings (SSSR count). The van der Waals surface area contributed by atoms with Crippen molar-refractivity contribution in [1.29, 1.82) is 0 Å². The molecule has 0 saturated carbocycles. The number of aromatic nitrogens is 1. The summed E-state index contributed by atoms with van der Waals surface area (Å²) in [5, 5.41) is 5.43. The van der Waals surface area contributed by atoms with Crippen LogP contribution in [0.4, 0.5) is 5.69 Å². The van der Waals surface area contributed by atoms with Crippen LogP contribution in [0.5, 0.6) is 0 Å². The molecule has 8 heteroatoms. The lowest BCUT2D eigenvalue weighted by molar-refractivity contribution is -0.132. The molecule has 2 aliphatic rings. The first-order valence-corrected chi connectivity index (χ1v) is 10.7. The van der Waals surface area contributed by atoms with E-state index in [4.69, 9.17) is 0 Å². The van der Waals surface area contributed by atoms with E-state index in [1.807, 2.05) is 45.0 Å². The summed E-state index contributed by atoms with van der Waals surface area (Å²) in [6.45, 7) is 5.97. The minimum Gasteiger partial charge on any atom is -0.354 e. The van der Waals surface area contributed by atoms with Crippen molar-refractivity contribution < 1.29 is 14.4 Å². The number of fused-ring (bicyclic) bond motifs is 3. The SMILES string of the molecule is CC1(C)SC2c3ccccc3C(=O)N2[C@@]1(C)C(=O)NCCC(=O)Nc1cccnc1. The second kappa shape index (κ2) is 7.43. The predicted octanol–water partition coefficient (Wildman–Crippen LogP) is 2.97. The minimum atomic E-state index is -1.04. The Kier molecular flexibility index (Phi) is 5.05. The highest BCUT2D eigenvalue weighted by Crippen LogP contribution is 2.61. The first-order chi connectivity index (χ1) is 14.3. The number of nitrogens with one attached hydrogen (secondary N) is 2. The Bertz CT molecular complexity index is 1010. The third-order valence-corrected chi connectivity index (χ3v) is 7.67. The van der Waals surface area contributed by atoms with Crippen LogP contribution in [-0.2, 0) is 9.59 Å². The molecular weight excluding hydrogens is 400 g/mol. The summed E-state index contributed by atoms with van der Waals surface area (Å²) < 4.78 is -0.497. The first kappa shape index (κ1) is 20.4. The Hall–Kier alpha value is -2.87. The van der Waals surface area contributed by atoms with Gasteiger partial charge in [0.2, 0.25) is 11.8 Å². The van der Waals surface area contributed by atoms with E-state index >= 15 is 0 Å². The molecule has 1 aromatic heterocycles. The second-order valence-corrected chi connectivity index (χ2v) is 9.81. The third kappa shape index (κ3) is 3.15. The van der Waals surface area contributed by atoms with Gasteiger partial charge in [0, 0.05) is 29.5 Å². The van der Waals surface area contributed by atoms with Crippen molar-refractivity contribution >= 4 is 35.2 Å². The van der Waals surface area contributed by atoms with Gasteiger partial charge in [-0.25, -0.2) is 0 Å². The highest BCUT2D eigenvalue weighted by molar-refractivity contribution is 8.01. The topological polar surface area (TPSA) is 91.4 Å². The molecular formula is C22H24N4O3S. The van der Waals surface area contributed by atoms with E-state index < -0.39 is 10.3 Å². The van der Waals surface area contributed by atoms with Crippen LogP contribution < -0.4 is 10.6 Å². The number of anilines is 1. The molecule has 156 valence electrons. The molecule has 1 aromatic carbocycles. The molecule has 0 spiro atoms. The fraction of sp³-hybridized carbons (Fsp3) is 0.364. The van der Waals surface area contributed by atoms with Crippen LogP contribution in [0.1, 0.15) is 48.5 Å². The number of amides is 3. The lowest BCUT2D eigenvalue weighted by atomic mass is 9.84. The second-order valence-electron chi connectivity index (χ2n) is 8.11. The third-order valence-electron chi connectivity index (χ3n) is 6.00. The van der Waals surface area contributed by atoms with Crippen molar-refractivity contribution in [2.45, 2.75) is 42.9 Å². The van der Waals surface area contributed by atoms with Gasteiger partial charge in [-0.3, -0.25) is 19.4 Å². The van der Waals surface area contributed by atoms with Gasteiger partial charge in [0.25, 0.3) is 5.91 Å². The van der Waals surface area contributed by atoms with Gasteiger partial charge in [0.1, 0.15) is 10.9 Å². The molecule has 2 aliphatic heterocycles. The minimum absolute atomic E-state index is 0.124. The normalized spacial score (nSPS) is 23.6. The van der Waals surface area contributed by atoms with Crippen LogP contribution >= 0.6 is 11.8 Å². The van der Waals surface area contributed by atoms with E-state index in [-0.39, 0.29) is 36.1 Å². The monoisotopic (exact) mass is 424 g/mol. The van der Waals surface area contributed by atoms with Crippen LogP contribution in [0.2, 0.25) is 0 Å². The van der Waals surface area contributed by atoms with Crippen molar-refractivity contribution in [3.05, 3.63) is 59.9 Å². The summed E-state index contributed by atoms with van der Waals surface area (Å²) in [5.41, 5.74) is 1.17. The van der Waals surface area contributed by atoms with Crippen molar-refractivity contribution in [1.82, 2.24) is 15.2 Å². The van der Waals surface area contributed by atoms with Crippen molar-refractivity contribution in [2.75, 3.05) is 11.9 Å². The number of hydrogen-bond donors (Lipinski definition) is 2. The molecule has 2 N–H and O–H groups in total. The molecule has 7 nitrogen and oxygen atoms in total. The zero-order valence-electron chi connectivity index (χ0n) is 17.1. The molecule has 3 heterocycles.